The quantitative estimate of drug-likeness (QED) is 0.813. The summed E-state index contributed by atoms with van der Waals surface area (Å²) in [5.74, 6) is 0.409. The molecule has 2 rings (SSSR count). The van der Waals surface area contributed by atoms with Gasteiger partial charge in [0.1, 0.15) is 5.75 Å². The van der Waals surface area contributed by atoms with Crippen LogP contribution in [0.1, 0.15) is 28.9 Å². The lowest BCUT2D eigenvalue weighted by Crippen LogP contribution is -2.28. The van der Waals surface area contributed by atoms with E-state index in [0.717, 1.165) is 21.9 Å². The monoisotopic (exact) mass is 396 g/mol. The number of methoxy groups -OCH3 is 1. The van der Waals surface area contributed by atoms with Crippen LogP contribution < -0.4 is 14.4 Å². The summed E-state index contributed by atoms with van der Waals surface area (Å²) in [6, 6.07) is 11.7. The van der Waals surface area contributed by atoms with E-state index in [1.165, 1.54) is 19.2 Å². The van der Waals surface area contributed by atoms with Crippen LogP contribution in [0.25, 0.3) is 0 Å². The van der Waals surface area contributed by atoms with Gasteiger partial charge in [0.05, 0.1) is 30.1 Å². The molecule has 2 aromatic carbocycles. The van der Waals surface area contributed by atoms with Crippen molar-refractivity contribution in [1.29, 1.82) is 0 Å². The second-order valence-electron chi connectivity index (χ2n) is 5.86. The summed E-state index contributed by atoms with van der Waals surface area (Å²) in [7, 11) is -0.512. The SMILES string of the molecule is COc1ccc([C@@H](C)NC(=O)c2ccc(Cl)c(N(C)S(C)(=O)=O)c2)cc1. The van der Waals surface area contributed by atoms with E-state index in [1.807, 2.05) is 31.2 Å². The van der Waals surface area contributed by atoms with Gasteiger partial charge in [-0.2, -0.15) is 0 Å². The highest BCUT2D eigenvalue weighted by molar-refractivity contribution is 7.92. The lowest BCUT2D eigenvalue weighted by atomic mass is 10.1. The first-order valence-corrected chi connectivity index (χ1v) is 10.0. The maximum atomic E-state index is 12.5. The number of benzene rings is 2. The predicted octanol–water partition coefficient (Wildman–Crippen LogP) is 3.24. The van der Waals surface area contributed by atoms with E-state index in [-0.39, 0.29) is 22.7 Å². The molecule has 0 fully saturated rings. The molecule has 2 aromatic rings. The van der Waals surface area contributed by atoms with E-state index in [0.29, 0.717) is 5.56 Å². The topological polar surface area (TPSA) is 75.7 Å². The molecule has 0 aliphatic heterocycles. The van der Waals surface area contributed by atoms with Crippen LogP contribution in [-0.4, -0.2) is 34.7 Å². The first-order chi connectivity index (χ1) is 12.1. The Balaban J connectivity index is 2.21. The van der Waals surface area contributed by atoms with Crippen LogP contribution in [0.4, 0.5) is 5.69 Å². The minimum absolute atomic E-state index is 0.236. The van der Waals surface area contributed by atoms with Crippen molar-refractivity contribution in [2.45, 2.75) is 13.0 Å². The first-order valence-electron chi connectivity index (χ1n) is 7.81. The van der Waals surface area contributed by atoms with Crippen molar-refractivity contribution >= 4 is 33.2 Å². The van der Waals surface area contributed by atoms with Gasteiger partial charge in [-0.1, -0.05) is 23.7 Å². The molecule has 6 nitrogen and oxygen atoms in total. The molecule has 0 aliphatic rings. The average Bonchev–Trinajstić information content (AvgIpc) is 2.60. The zero-order chi connectivity index (χ0) is 19.5. The number of anilines is 1. The second-order valence-corrected chi connectivity index (χ2v) is 8.29. The van der Waals surface area contributed by atoms with E-state index in [9.17, 15) is 13.2 Å². The van der Waals surface area contributed by atoms with Gasteiger partial charge in [-0.15, -0.1) is 0 Å². The molecular formula is C18H21ClN2O4S. The van der Waals surface area contributed by atoms with Crippen molar-refractivity contribution in [2.24, 2.45) is 0 Å². The van der Waals surface area contributed by atoms with Gasteiger partial charge in [-0.3, -0.25) is 9.10 Å². The summed E-state index contributed by atoms with van der Waals surface area (Å²) < 4.78 is 29.6. The van der Waals surface area contributed by atoms with Gasteiger partial charge in [-0.05, 0) is 42.8 Å². The molecule has 1 N–H and O–H groups in total. The Hall–Kier alpha value is -2.25. The van der Waals surface area contributed by atoms with E-state index in [4.69, 9.17) is 16.3 Å². The summed E-state index contributed by atoms with van der Waals surface area (Å²) in [4.78, 5) is 12.5. The van der Waals surface area contributed by atoms with Crippen molar-refractivity contribution in [2.75, 3.05) is 24.7 Å². The third-order valence-corrected chi connectivity index (χ3v) is 5.52. The summed E-state index contributed by atoms with van der Waals surface area (Å²) in [5.41, 5.74) is 1.49. The average molecular weight is 397 g/mol. The number of carbonyl (C=O) groups is 1. The fourth-order valence-electron chi connectivity index (χ4n) is 2.33. The van der Waals surface area contributed by atoms with Crippen molar-refractivity contribution < 1.29 is 17.9 Å². The molecule has 0 unspecified atom stereocenters. The van der Waals surface area contributed by atoms with Crippen LogP contribution in [0.3, 0.4) is 0 Å². The molecule has 0 radical (unpaired) electrons. The number of hydrogen-bond acceptors (Lipinski definition) is 4. The Morgan fingerprint density at radius 1 is 1.19 bits per heavy atom. The molecule has 0 saturated carbocycles. The van der Waals surface area contributed by atoms with Crippen molar-refractivity contribution in [3.05, 3.63) is 58.6 Å². The molecule has 26 heavy (non-hydrogen) atoms. The van der Waals surface area contributed by atoms with E-state index in [1.54, 1.807) is 13.2 Å². The number of halogens is 1. The molecule has 0 spiro atoms. The number of nitrogens with one attached hydrogen (secondary N) is 1. The Morgan fingerprint density at radius 2 is 1.81 bits per heavy atom. The maximum absolute atomic E-state index is 12.5. The molecule has 0 bridgehead atoms. The fourth-order valence-corrected chi connectivity index (χ4v) is 3.13. The van der Waals surface area contributed by atoms with Gasteiger partial charge in [0.25, 0.3) is 5.91 Å². The van der Waals surface area contributed by atoms with E-state index in [2.05, 4.69) is 5.32 Å². The van der Waals surface area contributed by atoms with Crippen LogP contribution in [0.2, 0.25) is 5.02 Å². The van der Waals surface area contributed by atoms with E-state index < -0.39 is 10.0 Å². The predicted molar refractivity (Wildman–Crippen MR) is 104 cm³/mol. The molecule has 140 valence electrons. The Labute approximate surface area is 158 Å². The van der Waals surface area contributed by atoms with Gasteiger partial charge in [0.2, 0.25) is 10.0 Å². The summed E-state index contributed by atoms with van der Waals surface area (Å²) >= 11 is 6.08. The molecular weight excluding hydrogens is 376 g/mol. The lowest BCUT2D eigenvalue weighted by molar-refractivity contribution is 0.0940. The molecule has 0 aromatic heterocycles. The smallest absolute Gasteiger partial charge is 0.251 e. The van der Waals surface area contributed by atoms with Crippen LogP contribution in [0.5, 0.6) is 5.75 Å². The molecule has 0 heterocycles. The van der Waals surface area contributed by atoms with Crippen molar-refractivity contribution in [3.63, 3.8) is 0 Å². The number of ether oxygens (including phenoxy) is 1. The van der Waals surface area contributed by atoms with Crippen molar-refractivity contribution in [1.82, 2.24) is 5.32 Å². The highest BCUT2D eigenvalue weighted by Gasteiger charge is 2.18. The standard InChI is InChI=1S/C18H21ClN2O4S/c1-12(13-5-8-15(25-3)9-6-13)20-18(22)14-7-10-16(19)17(11-14)21(2)26(4,23)24/h5-12H,1-4H3,(H,20,22)/t12-/m1/s1. The zero-order valence-corrected chi connectivity index (χ0v) is 16.6. The normalized spacial score (nSPS) is 12.3. The van der Waals surface area contributed by atoms with Gasteiger partial charge in [0.15, 0.2) is 0 Å². The van der Waals surface area contributed by atoms with Crippen molar-refractivity contribution in [3.8, 4) is 5.75 Å². The molecule has 8 heteroatoms. The third-order valence-electron chi connectivity index (χ3n) is 4.01. The number of hydrogen-bond donors (Lipinski definition) is 1. The van der Waals surface area contributed by atoms with Crippen LogP contribution in [-0.2, 0) is 10.0 Å². The lowest BCUT2D eigenvalue weighted by Gasteiger charge is -2.19. The van der Waals surface area contributed by atoms with Gasteiger partial charge in [0, 0.05) is 12.6 Å². The van der Waals surface area contributed by atoms with E-state index >= 15 is 0 Å². The van der Waals surface area contributed by atoms with Crippen LogP contribution in [0, 0.1) is 0 Å². The number of sulfonamides is 1. The highest BCUT2D eigenvalue weighted by atomic mass is 35.5. The number of amides is 1. The third kappa shape index (κ3) is 4.68. The number of carbonyl (C=O) groups excluding carboxylic acids is 1. The fraction of sp³-hybridized carbons (Fsp3) is 0.278. The largest absolute Gasteiger partial charge is 0.497 e. The van der Waals surface area contributed by atoms with Crippen LogP contribution in [0.15, 0.2) is 42.5 Å². The zero-order valence-electron chi connectivity index (χ0n) is 15.0. The van der Waals surface area contributed by atoms with Crippen LogP contribution >= 0.6 is 11.6 Å². The Bertz CT molecular complexity index is 898. The van der Waals surface area contributed by atoms with Gasteiger partial charge < -0.3 is 10.1 Å². The Kier molecular flexibility index (Phi) is 6.15. The summed E-state index contributed by atoms with van der Waals surface area (Å²) in [5, 5.41) is 3.13. The highest BCUT2D eigenvalue weighted by Crippen LogP contribution is 2.28. The number of rotatable bonds is 6. The van der Waals surface area contributed by atoms with Gasteiger partial charge in [-0.25, -0.2) is 8.42 Å². The molecule has 1 amide bonds. The maximum Gasteiger partial charge on any atom is 0.251 e. The second kappa shape index (κ2) is 7.97. The minimum atomic E-state index is -3.49. The molecule has 0 aliphatic carbocycles. The number of nitrogens with zero attached hydrogens (tertiary/aromatic N) is 1. The first kappa shape index (κ1) is 20.1. The Morgan fingerprint density at radius 3 is 2.35 bits per heavy atom. The minimum Gasteiger partial charge on any atom is -0.497 e. The summed E-state index contributed by atoms with van der Waals surface area (Å²) in [6.07, 6.45) is 1.07. The molecule has 1 atom stereocenters. The summed E-state index contributed by atoms with van der Waals surface area (Å²) in [6.45, 7) is 1.86. The van der Waals surface area contributed by atoms with Gasteiger partial charge >= 0.3 is 0 Å². The molecule has 0 saturated heterocycles.